The summed E-state index contributed by atoms with van der Waals surface area (Å²) in [5.74, 6) is -1.30. The van der Waals surface area contributed by atoms with E-state index in [1.54, 1.807) is 42.0 Å². The number of hydrogen-bond donors (Lipinski definition) is 7. The molecule has 0 spiro atoms. The summed E-state index contributed by atoms with van der Waals surface area (Å²) in [7, 11) is 1.88. The Bertz CT molecular complexity index is 1690. The molecule has 0 saturated carbocycles. The van der Waals surface area contributed by atoms with Gasteiger partial charge in [-0.25, -0.2) is 13.8 Å². The minimum Gasteiger partial charge on any atom is -0.516 e. The van der Waals surface area contributed by atoms with E-state index in [0.717, 1.165) is 17.5 Å². The summed E-state index contributed by atoms with van der Waals surface area (Å²) in [5, 5.41) is 19.4. The van der Waals surface area contributed by atoms with Gasteiger partial charge in [-0.2, -0.15) is 0 Å². The maximum Gasteiger partial charge on any atom is 0.251 e. The van der Waals surface area contributed by atoms with Crippen LogP contribution in [0.5, 0.6) is 0 Å². The van der Waals surface area contributed by atoms with Crippen LogP contribution in [0, 0.1) is 24.5 Å². The average Bonchev–Trinajstić information content (AvgIpc) is 3.56. The third-order valence-electron chi connectivity index (χ3n) is 7.92. The molecule has 3 aromatic rings. The second-order valence-electron chi connectivity index (χ2n) is 11.6. The molecular formula is C37H53F2N9O3. The van der Waals surface area contributed by atoms with Crippen LogP contribution in [0.2, 0.25) is 0 Å². The van der Waals surface area contributed by atoms with Gasteiger partial charge in [0.15, 0.2) is 23.6 Å². The van der Waals surface area contributed by atoms with Gasteiger partial charge in [-0.3, -0.25) is 14.2 Å². The zero-order valence-corrected chi connectivity index (χ0v) is 30.6. The number of aliphatic hydroxyl groups excluding tert-OH is 1. The van der Waals surface area contributed by atoms with E-state index in [1.165, 1.54) is 13.1 Å². The molecule has 4 rings (SSSR count). The highest BCUT2D eigenvalue weighted by atomic mass is 19.2. The van der Waals surface area contributed by atoms with Gasteiger partial charge >= 0.3 is 0 Å². The quantitative estimate of drug-likeness (QED) is 0.119. The van der Waals surface area contributed by atoms with E-state index in [-0.39, 0.29) is 35.4 Å². The number of fused-ring (bicyclic) bond motifs is 1. The number of nitrogens with two attached hydrogens (primary N) is 2. The lowest BCUT2D eigenvalue weighted by molar-refractivity contribution is -0.122. The first-order valence-electron chi connectivity index (χ1n) is 16.9. The maximum atomic E-state index is 14.8. The topological polar surface area (TPSA) is 176 Å². The lowest BCUT2D eigenvalue weighted by atomic mass is 10.0. The van der Waals surface area contributed by atoms with E-state index in [4.69, 9.17) is 16.6 Å². The van der Waals surface area contributed by atoms with E-state index in [0.29, 0.717) is 42.4 Å². The smallest absolute Gasteiger partial charge is 0.251 e. The molecule has 12 nitrogen and oxygen atoms in total. The Morgan fingerprint density at radius 2 is 1.75 bits per heavy atom. The van der Waals surface area contributed by atoms with Crippen LogP contribution in [-0.2, 0) is 11.2 Å². The molecule has 2 amide bonds. The van der Waals surface area contributed by atoms with Gasteiger partial charge in [-0.05, 0) is 67.7 Å². The Balaban J connectivity index is 0.00000171. The Hall–Kier alpha value is -5.37. The first-order valence-corrected chi connectivity index (χ1v) is 16.9. The third-order valence-corrected chi connectivity index (χ3v) is 7.92. The van der Waals surface area contributed by atoms with Crippen LogP contribution >= 0.6 is 0 Å². The number of anilines is 1. The highest BCUT2D eigenvalue weighted by Crippen LogP contribution is 2.33. The Labute approximate surface area is 299 Å². The number of aliphatic hydroxyl groups is 1. The van der Waals surface area contributed by atoms with Crippen LogP contribution < -0.4 is 32.7 Å². The van der Waals surface area contributed by atoms with E-state index in [1.807, 2.05) is 58.0 Å². The molecule has 0 fully saturated rings. The molecule has 51 heavy (non-hydrogen) atoms. The monoisotopic (exact) mass is 709 g/mol. The van der Waals surface area contributed by atoms with Crippen molar-refractivity contribution in [3.8, 4) is 11.3 Å². The molecule has 0 bridgehead atoms. The number of rotatable bonds is 13. The predicted molar refractivity (Wildman–Crippen MR) is 200 cm³/mol. The van der Waals surface area contributed by atoms with Gasteiger partial charge < -0.3 is 42.7 Å². The Morgan fingerprint density at radius 3 is 2.39 bits per heavy atom. The molecule has 278 valence electrons. The number of aryl methyl sites for hydroxylation is 2. The van der Waals surface area contributed by atoms with Crippen LogP contribution in [-0.4, -0.2) is 64.1 Å². The highest BCUT2D eigenvalue weighted by molar-refractivity contribution is 5.96. The summed E-state index contributed by atoms with van der Waals surface area (Å²) in [6.45, 7) is 15.0. The zero-order valence-electron chi connectivity index (χ0n) is 30.6. The number of halogens is 2. The van der Waals surface area contributed by atoms with Crippen LogP contribution in [0.1, 0.15) is 68.1 Å². The van der Waals surface area contributed by atoms with Gasteiger partial charge in [0.25, 0.3) is 5.91 Å². The summed E-state index contributed by atoms with van der Waals surface area (Å²) < 4.78 is 30.9. The first kappa shape index (κ1) is 41.8. The van der Waals surface area contributed by atoms with Crippen LogP contribution in [0.15, 0.2) is 67.5 Å². The van der Waals surface area contributed by atoms with Gasteiger partial charge in [-0.15, -0.1) is 0 Å². The average molecular weight is 710 g/mol. The van der Waals surface area contributed by atoms with Gasteiger partial charge in [0, 0.05) is 55.9 Å². The lowest BCUT2D eigenvalue weighted by Crippen LogP contribution is -2.48. The Morgan fingerprint density at radius 1 is 1.08 bits per heavy atom. The van der Waals surface area contributed by atoms with E-state index in [2.05, 4.69) is 32.8 Å². The van der Waals surface area contributed by atoms with Crippen molar-refractivity contribution < 1.29 is 23.5 Å². The SMILES string of the molecule is C/C=C(\N)NCC(N)C(=O)NCC(C)CNC(=O)c1ccc(NC2c3ncc(-c4ccc(C)c(F)c4F)n3C=CN2C)cc1CC.C=CO.CC. The zero-order chi connectivity index (χ0) is 38.2. The predicted octanol–water partition coefficient (Wildman–Crippen LogP) is 5.12. The Kier molecular flexibility index (Phi) is 16.7. The molecule has 1 aliphatic rings. The number of aromatic nitrogens is 2. The van der Waals surface area contributed by atoms with Gasteiger partial charge in [0.05, 0.1) is 24.0 Å². The molecule has 1 aromatic heterocycles. The van der Waals surface area contributed by atoms with Gasteiger partial charge in [0.1, 0.15) is 6.04 Å². The fraction of sp³-hybridized carbons (Fsp3) is 0.378. The van der Waals surface area contributed by atoms with E-state index >= 15 is 0 Å². The molecular weight excluding hydrogens is 656 g/mol. The fourth-order valence-electron chi connectivity index (χ4n) is 5.00. The molecule has 14 heteroatoms. The molecule has 0 saturated heterocycles. The molecule has 0 aliphatic carbocycles. The highest BCUT2D eigenvalue weighted by Gasteiger charge is 2.27. The molecule has 2 heterocycles. The van der Waals surface area contributed by atoms with Crippen LogP contribution in [0.4, 0.5) is 14.5 Å². The lowest BCUT2D eigenvalue weighted by Gasteiger charge is -2.32. The van der Waals surface area contributed by atoms with Crippen molar-refractivity contribution in [2.45, 2.75) is 60.2 Å². The summed E-state index contributed by atoms with van der Waals surface area (Å²) in [6, 6.07) is 7.86. The van der Waals surface area contributed by atoms with Gasteiger partial charge in [-0.1, -0.05) is 40.3 Å². The number of allylic oxidation sites excluding steroid dienone is 1. The van der Waals surface area contributed by atoms with Crippen molar-refractivity contribution in [2.24, 2.45) is 17.4 Å². The van der Waals surface area contributed by atoms with Crippen molar-refractivity contribution in [1.29, 1.82) is 0 Å². The largest absolute Gasteiger partial charge is 0.516 e. The van der Waals surface area contributed by atoms with Crippen molar-refractivity contribution in [2.75, 3.05) is 32.0 Å². The molecule has 3 atom stereocenters. The maximum absolute atomic E-state index is 14.8. The number of imidazole rings is 1. The fourth-order valence-corrected chi connectivity index (χ4v) is 5.00. The van der Waals surface area contributed by atoms with Crippen LogP contribution in [0.25, 0.3) is 17.5 Å². The summed E-state index contributed by atoms with van der Waals surface area (Å²) in [4.78, 5) is 31.9. The number of carbonyl (C=O) groups is 2. The molecule has 2 aromatic carbocycles. The summed E-state index contributed by atoms with van der Waals surface area (Å²) >= 11 is 0. The standard InChI is InChI=1S/C33H43F2N9O2.C2H4O.C2H6/c1-6-21-14-22(9-11-23(21)32(45)40-15-19(3)16-41-33(46)25(36)17-38-27(37)7-2)42-31-30-39-18-26(44(30)13-12-43(31)5)24-10-8-20(4)28(34)29(24)35;1-2-3;1-2/h7-14,18-19,25,31,38,42H,6,15-17,36-37H2,1-5H3,(H,40,45)(H,41,46);2-3H,1H2;1-2H3/b27-7+;;. The number of amides is 2. The number of nitrogens with zero attached hydrogens (tertiary/aromatic N) is 3. The number of benzene rings is 2. The van der Waals surface area contributed by atoms with Gasteiger partial charge in [0.2, 0.25) is 5.91 Å². The second kappa shape index (κ2) is 20.3. The normalized spacial score (nSPS) is 14.4. The second-order valence-corrected chi connectivity index (χ2v) is 11.6. The molecule has 1 aliphatic heterocycles. The molecule has 0 radical (unpaired) electrons. The van der Waals surface area contributed by atoms with Crippen molar-refractivity contribution in [3.05, 3.63) is 102 Å². The first-order chi connectivity index (χ1) is 24.4. The molecule has 9 N–H and O–H groups in total. The van der Waals surface area contributed by atoms with Crippen molar-refractivity contribution in [1.82, 2.24) is 30.4 Å². The van der Waals surface area contributed by atoms with Crippen LogP contribution in [0.3, 0.4) is 0 Å². The van der Waals surface area contributed by atoms with Crippen molar-refractivity contribution in [3.63, 3.8) is 0 Å². The van der Waals surface area contributed by atoms with E-state index in [9.17, 15) is 18.4 Å². The minimum absolute atomic E-state index is 0.0342. The molecule has 3 unspecified atom stereocenters. The van der Waals surface area contributed by atoms with E-state index < -0.39 is 23.8 Å². The summed E-state index contributed by atoms with van der Waals surface area (Å²) in [5.41, 5.74) is 14.5. The third kappa shape index (κ3) is 11.1. The summed E-state index contributed by atoms with van der Waals surface area (Å²) in [6.07, 6.45) is 7.76. The minimum atomic E-state index is -0.913. The van der Waals surface area contributed by atoms with Crippen molar-refractivity contribution >= 4 is 23.7 Å². The number of carbonyl (C=O) groups excluding carboxylic acids is 2. The number of nitrogens with one attached hydrogen (secondary N) is 4. The number of hydrogen-bond acceptors (Lipinski definition) is 9.